The average Bonchev–Trinajstić information content (AvgIpc) is 2.42. The second-order valence-electron chi connectivity index (χ2n) is 8.67. The first-order valence-corrected chi connectivity index (χ1v) is 13.3. The molecule has 0 saturated heterocycles. The predicted octanol–water partition coefficient (Wildman–Crippen LogP) is 7.39. The van der Waals surface area contributed by atoms with Gasteiger partial charge in [0.25, 0.3) is 0 Å². The van der Waals surface area contributed by atoms with Crippen LogP contribution in [-0.4, -0.2) is 18.8 Å². The van der Waals surface area contributed by atoms with Gasteiger partial charge in [0, 0.05) is 10.3 Å². The third-order valence-electron chi connectivity index (χ3n) is 5.09. The van der Waals surface area contributed by atoms with Gasteiger partial charge in [-0.1, -0.05) is 74.9 Å². The lowest BCUT2D eigenvalue weighted by atomic mass is 9.94. The molecule has 3 atom stereocenters. The van der Waals surface area contributed by atoms with Gasteiger partial charge in [-0.25, -0.2) is 0 Å². The normalized spacial score (nSPS) is 18.7. The van der Waals surface area contributed by atoms with Gasteiger partial charge in [-0.05, 0) is 56.8 Å². The minimum absolute atomic E-state index is 0.200. The smallest absolute Gasteiger partial charge is 0.192 e. The van der Waals surface area contributed by atoms with Crippen molar-refractivity contribution in [3.05, 3.63) is 23.3 Å². The molecule has 0 N–H and O–H groups in total. The summed E-state index contributed by atoms with van der Waals surface area (Å²) in [6, 6.07) is 0. The van der Waals surface area contributed by atoms with E-state index in [9.17, 15) is 0 Å². The third kappa shape index (κ3) is 7.87. The fraction of sp³-hybridized carbons (Fsp3) is 0.800. The molecule has 0 unspecified atom stereocenters. The Kier molecular flexibility index (Phi) is 9.93. The summed E-state index contributed by atoms with van der Waals surface area (Å²) in [5.74, 6) is 1.17. The van der Waals surface area contributed by atoms with E-state index in [-0.39, 0.29) is 11.1 Å². The molecule has 1 nitrogen and oxygen atoms in total. The van der Waals surface area contributed by atoms with Crippen LogP contribution in [0.15, 0.2) is 23.3 Å². The van der Waals surface area contributed by atoms with Crippen molar-refractivity contribution in [2.75, 3.05) is 4.43 Å². The Morgan fingerprint density at radius 3 is 2.09 bits per heavy atom. The Morgan fingerprint density at radius 2 is 1.70 bits per heavy atom. The predicted molar refractivity (Wildman–Crippen MR) is 117 cm³/mol. The maximum absolute atomic E-state index is 6.77. The fourth-order valence-corrected chi connectivity index (χ4v) is 4.18. The average molecular weight is 451 g/mol. The molecule has 3 heteroatoms. The summed E-state index contributed by atoms with van der Waals surface area (Å²) in [7, 11) is -1.77. The first kappa shape index (κ1) is 23.4. The van der Waals surface area contributed by atoms with Crippen LogP contribution in [0.4, 0.5) is 0 Å². The monoisotopic (exact) mass is 450 g/mol. The van der Waals surface area contributed by atoms with Crippen molar-refractivity contribution >= 4 is 30.9 Å². The quantitative estimate of drug-likeness (QED) is 0.162. The van der Waals surface area contributed by atoms with Crippen LogP contribution in [0.5, 0.6) is 0 Å². The molecule has 0 rings (SSSR count). The summed E-state index contributed by atoms with van der Waals surface area (Å²) in [5, 5.41) is 0.244. The molecule has 23 heavy (non-hydrogen) atoms. The molecule has 136 valence electrons. The minimum atomic E-state index is -1.77. The second kappa shape index (κ2) is 9.76. The Morgan fingerprint density at radius 1 is 1.17 bits per heavy atom. The van der Waals surface area contributed by atoms with Gasteiger partial charge in [-0.15, -0.1) is 0 Å². The Labute approximate surface area is 160 Å². The van der Waals surface area contributed by atoms with E-state index in [4.69, 9.17) is 4.43 Å². The first-order chi connectivity index (χ1) is 10.4. The number of allylic oxidation sites excluding steroid dienone is 2. The van der Waals surface area contributed by atoms with Crippen molar-refractivity contribution in [2.45, 2.75) is 86.0 Å². The lowest BCUT2D eigenvalue weighted by Gasteiger charge is -2.41. The summed E-state index contributed by atoms with van der Waals surface area (Å²) >= 11 is 2.48. The van der Waals surface area contributed by atoms with E-state index < -0.39 is 8.32 Å². The highest BCUT2D eigenvalue weighted by molar-refractivity contribution is 14.1. The maximum Gasteiger partial charge on any atom is 0.192 e. The Balaban J connectivity index is 5.31. The highest BCUT2D eigenvalue weighted by atomic mass is 127. The lowest BCUT2D eigenvalue weighted by Crippen LogP contribution is -2.45. The van der Waals surface area contributed by atoms with Crippen LogP contribution < -0.4 is 0 Å². The van der Waals surface area contributed by atoms with Crippen LogP contribution in [0.1, 0.15) is 61.8 Å². The molecule has 0 aromatic carbocycles. The van der Waals surface area contributed by atoms with Gasteiger partial charge in [0.2, 0.25) is 0 Å². The zero-order valence-corrected chi connectivity index (χ0v) is 20.2. The molecule has 0 heterocycles. The number of hydrogen-bond acceptors (Lipinski definition) is 1. The second-order valence-corrected chi connectivity index (χ2v) is 14.3. The van der Waals surface area contributed by atoms with Crippen molar-refractivity contribution in [1.82, 2.24) is 0 Å². The zero-order valence-electron chi connectivity index (χ0n) is 17.1. The molecule has 0 aromatic heterocycles. The Hall–Kier alpha value is 0.387. The van der Waals surface area contributed by atoms with Gasteiger partial charge in [0.05, 0.1) is 6.10 Å². The molecule has 0 bridgehead atoms. The standard InChI is InChI=1S/C20H39IOSi/c1-11-17(4)19(22-23(9,10)20(6,7)8)18(5)13-15(2)12-16(3)14-21/h11,13,16,18-19H,12,14H2,1-10H3/b15-13+,17-11+/t16-,18+,19-/m0/s1. The molecular weight excluding hydrogens is 411 g/mol. The summed E-state index contributed by atoms with van der Waals surface area (Å²) in [6.45, 7) is 22.9. The molecule has 0 amide bonds. The summed E-state index contributed by atoms with van der Waals surface area (Å²) in [6.07, 6.45) is 6.04. The topological polar surface area (TPSA) is 9.23 Å². The largest absolute Gasteiger partial charge is 0.410 e. The number of hydrogen-bond donors (Lipinski definition) is 0. The highest BCUT2D eigenvalue weighted by Gasteiger charge is 2.40. The number of rotatable bonds is 8. The number of alkyl halides is 1. The maximum atomic E-state index is 6.77. The van der Waals surface area contributed by atoms with Crippen molar-refractivity contribution in [3.8, 4) is 0 Å². The molecule has 0 aliphatic heterocycles. The molecule has 0 saturated carbocycles. The third-order valence-corrected chi connectivity index (χ3v) is 11.0. The molecular formula is C20H39IOSi. The van der Waals surface area contributed by atoms with E-state index in [0.29, 0.717) is 5.92 Å². The van der Waals surface area contributed by atoms with Gasteiger partial charge in [-0.3, -0.25) is 0 Å². The van der Waals surface area contributed by atoms with Gasteiger partial charge in [-0.2, -0.15) is 0 Å². The van der Waals surface area contributed by atoms with E-state index in [1.807, 2.05) is 0 Å². The van der Waals surface area contributed by atoms with Crippen LogP contribution in [0, 0.1) is 11.8 Å². The first-order valence-electron chi connectivity index (χ1n) is 8.89. The van der Waals surface area contributed by atoms with E-state index in [0.717, 1.165) is 5.92 Å². The van der Waals surface area contributed by atoms with Crippen LogP contribution >= 0.6 is 22.6 Å². The van der Waals surface area contributed by atoms with Crippen LogP contribution in [0.2, 0.25) is 18.1 Å². The van der Waals surface area contributed by atoms with Crippen molar-refractivity contribution < 1.29 is 4.43 Å². The van der Waals surface area contributed by atoms with E-state index in [1.54, 1.807) is 0 Å². The van der Waals surface area contributed by atoms with Crippen LogP contribution in [-0.2, 0) is 4.43 Å². The summed E-state index contributed by atoms with van der Waals surface area (Å²) in [5.41, 5.74) is 2.85. The van der Waals surface area contributed by atoms with Crippen LogP contribution in [0.3, 0.4) is 0 Å². The van der Waals surface area contributed by atoms with Gasteiger partial charge < -0.3 is 4.43 Å². The molecule has 0 aromatic rings. The lowest BCUT2D eigenvalue weighted by molar-refractivity contribution is 0.178. The fourth-order valence-electron chi connectivity index (χ4n) is 2.48. The van der Waals surface area contributed by atoms with E-state index in [2.05, 4.69) is 103 Å². The zero-order chi connectivity index (χ0) is 18.4. The van der Waals surface area contributed by atoms with Gasteiger partial charge >= 0.3 is 0 Å². The summed E-state index contributed by atoms with van der Waals surface area (Å²) < 4.78 is 7.99. The van der Waals surface area contributed by atoms with Crippen molar-refractivity contribution in [3.63, 3.8) is 0 Å². The van der Waals surface area contributed by atoms with E-state index >= 15 is 0 Å². The van der Waals surface area contributed by atoms with Crippen molar-refractivity contribution in [2.24, 2.45) is 11.8 Å². The minimum Gasteiger partial charge on any atom is -0.410 e. The van der Waals surface area contributed by atoms with Crippen molar-refractivity contribution in [1.29, 1.82) is 0 Å². The van der Waals surface area contributed by atoms with Gasteiger partial charge in [0.15, 0.2) is 8.32 Å². The highest BCUT2D eigenvalue weighted by Crippen LogP contribution is 2.39. The molecule has 0 aliphatic rings. The van der Waals surface area contributed by atoms with Crippen LogP contribution in [0.25, 0.3) is 0 Å². The SMILES string of the molecule is C/C=C(\C)[C@H](O[Si](C)(C)C(C)(C)C)[C@H](C)/C=C(\C)C[C@H](C)CI. The molecule has 0 fully saturated rings. The Bertz CT molecular complexity index is 418. The molecule has 0 spiro atoms. The summed E-state index contributed by atoms with van der Waals surface area (Å²) in [4.78, 5) is 0. The molecule has 0 radical (unpaired) electrons. The van der Waals surface area contributed by atoms with Gasteiger partial charge in [0.1, 0.15) is 0 Å². The van der Waals surface area contributed by atoms with E-state index in [1.165, 1.54) is 22.0 Å². The molecule has 0 aliphatic carbocycles. The number of halogens is 1.